The monoisotopic (exact) mass is 1430 g/mol. The molecule has 0 aromatic heterocycles. The lowest BCUT2D eigenvalue weighted by atomic mass is 9.84. The maximum absolute atomic E-state index is 14.9. The number of aliphatic hydroxyl groups is 1. The maximum atomic E-state index is 14.9. The summed E-state index contributed by atoms with van der Waals surface area (Å²) in [4.78, 5) is 160. The second kappa shape index (κ2) is 39.5. The predicted molar refractivity (Wildman–Crippen MR) is 391 cm³/mol. The lowest BCUT2D eigenvalue weighted by molar-refractivity contribution is -0.164. The number of hydrogen-bond donors (Lipinski definition) is 6. The Kier molecular flexibility index (Phi) is 32.0. The summed E-state index contributed by atoms with van der Waals surface area (Å²) in [6, 6.07) is 20.7. The molecule has 566 valence electrons. The molecule has 0 aliphatic carbocycles. The van der Waals surface area contributed by atoms with E-state index in [0.29, 0.717) is 43.6 Å². The Morgan fingerprint density at radius 1 is 0.689 bits per heavy atom. The van der Waals surface area contributed by atoms with Crippen LogP contribution in [0.2, 0.25) is 0 Å². The highest BCUT2D eigenvalue weighted by Crippen LogP contribution is 2.35. The van der Waals surface area contributed by atoms with Gasteiger partial charge in [0.25, 0.3) is 11.8 Å². The number of urea groups is 1. The number of aryl methyl sites for hydroxylation is 1. The number of benzene rings is 3. The Labute approximate surface area is 608 Å². The summed E-state index contributed by atoms with van der Waals surface area (Å²) in [5.41, 5.74) is 6.57. The van der Waals surface area contributed by atoms with Crippen molar-refractivity contribution in [2.45, 2.75) is 201 Å². The number of carbonyl (C=O) groups is 11. The van der Waals surface area contributed by atoms with Crippen LogP contribution in [-0.4, -0.2) is 204 Å². The molecule has 3 aromatic rings. The van der Waals surface area contributed by atoms with Crippen molar-refractivity contribution in [3.8, 4) is 0 Å². The highest BCUT2D eigenvalue weighted by atomic mass is 16.6. The van der Waals surface area contributed by atoms with Gasteiger partial charge in [-0.2, -0.15) is 0 Å². The lowest BCUT2D eigenvalue weighted by Gasteiger charge is -2.52. The Hall–Kier alpha value is -8.39. The number of aliphatic hydroxyl groups excluding tert-OH is 1. The van der Waals surface area contributed by atoms with Crippen LogP contribution in [0, 0.1) is 41.4 Å². The van der Waals surface area contributed by atoms with Crippen molar-refractivity contribution in [2.75, 3.05) is 66.4 Å². The number of Topliss-reactive ketones (excluding diaryl/α,β-unsaturated/α-hetero) is 2. The third kappa shape index (κ3) is 22.3. The van der Waals surface area contributed by atoms with E-state index in [4.69, 9.17) is 19.9 Å². The first kappa shape index (κ1) is 83.6. The Morgan fingerprint density at radius 2 is 1.31 bits per heavy atom. The number of unbranched alkanes of at least 4 members (excludes halogenated alkanes) is 1. The number of hydrogen-bond acceptors (Lipinski definition) is 16. The first-order valence-corrected chi connectivity index (χ1v) is 36.6. The number of nitrogens with one attached hydrogen (secondary N) is 4. The van der Waals surface area contributed by atoms with Crippen molar-refractivity contribution in [3.05, 3.63) is 114 Å². The SMILES string of the molecule is CC[C@H](C)[C@@H]([C@@H](CC(=O)N1CCC[C@H]1[C@H](OC)[C@@H](C)C(=O)C[C@H](C)[C@@H](O)c1ccccc1)OC)N(C)C(=O)[C@@H](NC(=O)[C@H](C(C)C)N(C)C(=O)OCc1ccc(NC(=O)[C@H](CCCNC(N)=O)CC(=O)[C@@H](NC(=O)C2(N3C(=O)C=CC3=O)CN(CCCCc3ccccc3)C2)C(C)C)cc1)C(C)C. The van der Waals surface area contributed by atoms with E-state index < -0.39 is 137 Å². The molecule has 0 radical (unpaired) electrons. The Bertz CT molecular complexity index is 3360. The fourth-order valence-corrected chi connectivity index (χ4v) is 14.6. The third-order valence-electron chi connectivity index (χ3n) is 20.8. The molecule has 3 heterocycles. The number of nitrogens with two attached hydrogens (primary N) is 1. The van der Waals surface area contributed by atoms with Gasteiger partial charge in [-0.25, -0.2) is 9.59 Å². The second-order valence-electron chi connectivity index (χ2n) is 29.4. The van der Waals surface area contributed by atoms with Gasteiger partial charge >= 0.3 is 12.1 Å². The van der Waals surface area contributed by atoms with Gasteiger partial charge < -0.3 is 56.1 Å². The number of amides is 10. The van der Waals surface area contributed by atoms with E-state index in [-0.39, 0.29) is 81.9 Å². The molecule has 0 bridgehead atoms. The van der Waals surface area contributed by atoms with Crippen molar-refractivity contribution >= 4 is 70.7 Å². The molecule has 6 rings (SSSR count). The predicted octanol–water partition coefficient (Wildman–Crippen LogP) is 7.78. The molecular formula is C78H114N10O15. The largest absolute Gasteiger partial charge is 0.445 e. The zero-order valence-corrected chi connectivity index (χ0v) is 62.9. The zero-order valence-electron chi connectivity index (χ0n) is 62.9. The summed E-state index contributed by atoms with van der Waals surface area (Å²) in [6.07, 6.45) is 3.86. The number of likely N-dealkylation sites (N-methyl/N-ethyl adjacent to an activating group) is 2. The second-order valence-corrected chi connectivity index (χ2v) is 29.4. The molecule has 2 saturated heterocycles. The first-order valence-electron chi connectivity index (χ1n) is 36.6. The highest BCUT2D eigenvalue weighted by Gasteiger charge is 2.58. The van der Waals surface area contributed by atoms with E-state index >= 15 is 0 Å². The number of ether oxygens (including phenoxy) is 3. The zero-order chi connectivity index (χ0) is 76.0. The number of rotatable bonds is 41. The number of primary amides is 1. The van der Waals surface area contributed by atoms with Gasteiger partial charge in [-0.3, -0.25) is 57.9 Å². The van der Waals surface area contributed by atoms with E-state index in [9.17, 15) is 57.8 Å². The number of anilines is 1. The molecule has 103 heavy (non-hydrogen) atoms. The number of carbonyl (C=O) groups excluding carboxylic acids is 11. The van der Waals surface area contributed by atoms with E-state index in [1.165, 1.54) is 24.6 Å². The number of likely N-dealkylation sites (tertiary alicyclic amines) is 2. The minimum absolute atomic E-state index is 0.0781. The van der Waals surface area contributed by atoms with Crippen LogP contribution in [0.5, 0.6) is 0 Å². The summed E-state index contributed by atoms with van der Waals surface area (Å²) < 4.78 is 17.9. The summed E-state index contributed by atoms with van der Waals surface area (Å²) in [6.45, 7) is 19.4. The number of nitrogens with zero attached hydrogens (tertiary/aromatic N) is 5. The molecule has 25 heteroatoms. The van der Waals surface area contributed by atoms with Gasteiger partial charge in [-0.1, -0.05) is 148 Å². The smallest absolute Gasteiger partial charge is 0.410 e. The molecule has 3 aromatic carbocycles. The Morgan fingerprint density at radius 3 is 1.88 bits per heavy atom. The molecule has 0 unspecified atom stereocenters. The molecular weight excluding hydrogens is 1320 g/mol. The molecule has 10 amide bonds. The van der Waals surface area contributed by atoms with Crippen LogP contribution in [0.1, 0.15) is 156 Å². The van der Waals surface area contributed by atoms with Gasteiger partial charge in [0, 0.05) is 97.0 Å². The summed E-state index contributed by atoms with van der Waals surface area (Å²) in [5, 5.41) is 22.3. The summed E-state index contributed by atoms with van der Waals surface area (Å²) in [5.74, 6) is -7.60. The normalized spacial score (nSPS) is 18.3. The molecule has 25 nitrogen and oxygen atoms in total. The minimum Gasteiger partial charge on any atom is -0.445 e. The van der Waals surface area contributed by atoms with Crippen molar-refractivity contribution in [3.63, 3.8) is 0 Å². The molecule has 3 aliphatic heterocycles. The van der Waals surface area contributed by atoms with Gasteiger partial charge in [-0.15, -0.1) is 0 Å². The van der Waals surface area contributed by atoms with Crippen molar-refractivity contribution in [1.82, 2.24) is 40.4 Å². The van der Waals surface area contributed by atoms with Crippen LogP contribution in [0.15, 0.2) is 97.1 Å². The van der Waals surface area contributed by atoms with Gasteiger partial charge in [0.1, 0.15) is 24.5 Å². The molecule has 7 N–H and O–H groups in total. The standard InChI is InChI=1S/C78H114N10O15/c1-15-51(8)69(62(101-13)44-65(93)87-41-25-32-59(87)71(102-14)53(10)60(89)42-52(9)70(94)56-29-20-17-21-30-56)84(11)74(97)67(49(4)5)82-73(96)68(50(6)7)85(12)77(100)103-45-55-33-35-58(36-34-55)81-72(95)57(31-24-39-80-76(79)99)43-61(90)66(48(2)3)83-75(98)78(88-63(91)37-38-64(88)92)46-86(47-78)40-23-22-28-54-26-18-16-19-27-54/h16-21,26-27,29-30,33-38,48-53,57,59,62,66-71,94H,15,22-25,28,31-32,39-47H2,1-14H3,(H,81,95)(H,82,96)(H,83,98)(H3,79,80,99)/t51-,52-,53-,57+,59-,62+,66-,67-,68-,69-,70+,71+/m0/s1. The van der Waals surface area contributed by atoms with Crippen LogP contribution in [-0.2, 0) is 70.4 Å². The van der Waals surface area contributed by atoms with Crippen molar-refractivity contribution < 1.29 is 72.1 Å². The fraction of sp³-hybridized carbons (Fsp3) is 0.603. The van der Waals surface area contributed by atoms with E-state index in [0.717, 1.165) is 41.9 Å². The molecule has 0 spiro atoms. The van der Waals surface area contributed by atoms with Crippen LogP contribution >= 0.6 is 0 Å². The van der Waals surface area contributed by atoms with Gasteiger partial charge in [0.15, 0.2) is 11.3 Å². The fourth-order valence-electron chi connectivity index (χ4n) is 14.6. The molecule has 2 fully saturated rings. The average molecular weight is 1430 g/mol. The number of ketones is 2. The van der Waals surface area contributed by atoms with E-state index in [1.807, 2.05) is 81.1 Å². The molecule has 0 saturated carbocycles. The van der Waals surface area contributed by atoms with Gasteiger partial charge in [0.2, 0.25) is 29.5 Å². The van der Waals surface area contributed by atoms with Gasteiger partial charge in [-0.05, 0) is 110 Å². The minimum atomic E-state index is -1.56. The maximum Gasteiger partial charge on any atom is 0.410 e. The molecule has 12 atom stereocenters. The van der Waals surface area contributed by atoms with Crippen LogP contribution < -0.4 is 27.0 Å². The topological polar surface area (TPSA) is 326 Å². The lowest BCUT2D eigenvalue weighted by Crippen LogP contribution is -2.78. The quantitative estimate of drug-likeness (QED) is 0.0233. The average Bonchev–Trinajstić information content (AvgIpc) is 1.72. The Balaban J connectivity index is 1.05. The number of imide groups is 1. The van der Waals surface area contributed by atoms with Crippen LogP contribution in [0.4, 0.5) is 15.3 Å². The summed E-state index contributed by atoms with van der Waals surface area (Å²) in [7, 11) is 6.13. The van der Waals surface area contributed by atoms with Crippen molar-refractivity contribution in [1.29, 1.82) is 0 Å². The highest BCUT2D eigenvalue weighted by molar-refractivity contribution is 6.16. The van der Waals surface area contributed by atoms with Crippen LogP contribution in [0.3, 0.4) is 0 Å². The first-order chi connectivity index (χ1) is 48.9. The van der Waals surface area contributed by atoms with Gasteiger partial charge in [0.05, 0.1) is 42.9 Å². The van der Waals surface area contributed by atoms with E-state index in [1.54, 1.807) is 89.8 Å². The number of methoxy groups -OCH3 is 2. The van der Waals surface area contributed by atoms with E-state index in [2.05, 4.69) is 33.4 Å². The summed E-state index contributed by atoms with van der Waals surface area (Å²) >= 11 is 0. The third-order valence-corrected chi connectivity index (χ3v) is 20.8. The van der Waals surface area contributed by atoms with Crippen molar-refractivity contribution in [2.24, 2.45) is 47.2 Å². The van der Waals surface area contributed by atoms with Crippen LogP contribution in [0.25, 0.3) is 0 Å². The molecule has 3 aliphatic rings.